The molecular weight excluding hydrogens is 220 g/mol. The standard InChI is InChI=1S/C12H24N2O3/c1-5-14-10(15)6-8-13-9-7-11(16)17-12(2,3)4/h13H,5-9H2,1-4H3,(H,14,15). The van der Waals surface area contributed by atoms with Crippen LogP contribution in [0.5, 0.6) is 0 Å². The van der Waals surface area contributed by atoms with Crippen LogP contribution >= 0.6 is 0 Å². The Morgan fingerprint density at radius 1 is 1.12 bits per heavy atom. The summed E-state index contributed by atoms with van der Waals surface area (Å²) in [6.07, 6.45) is 0.759. The molecular formula is C12H24N2O3. The minimum atomic E-state index is -0.432. The molecule has 0 spiro atoms. The Labute approximate surface area is 103 Å². The van der Waals surface area contributed by atoms with Crippen LogP contribution in [0.15, 0.2) is 0 Å². The van der Waals surface area contributed by atoms with Gasteiger partial charge in [-0.15, -0.1) is 0 Å². The lowest BCUT2D eigenvalue weighted by molar-refractivity contribution is -0.154. The zero-order chi connectivity index (χ0) is 13.3. The molecule has 0 aliphatic heterocycles. The second-order valence-corrected chi connectivity index (χ2v) is 4.79. The van der Waals surface area contributed by atoms with Gasteiger partial charge in [-0.1, -0.05) is 0 Å². The van der Waals surface area contributed by atoms with E-state index in [1.54, 1.807) is 0 Å². The van der Waals surface area contributed by atoms with Crippen LogP contribution in [-0.2, 0) is 14.3 Å². The van der Waals surface area contributed by atoms with Gasteiger partial charge in [-0.3, -0.25) is 9.59 Å². The number of amides is 1. The second-order valence-electron chi connectivity index (χ2n) is 4.79. The number of hydrogen-bond donors (Lipinski definition) is 2. The van der Waals surface area contributed by atoms with Crippen molar-refractivity contribution in [3.8, 4) is 0 Å². The summed E-state index contributed by atoms with van der Waals surface area (Å²) in [7, 11) is 0. The van der Waals surface area contributed by atoms with Crippen LogP contribution in [0.25, 0.3) is 0 Å². The highest BCUT2D eigenvalue weighted by atomic mass is 16.6. The van der Waals surface area contributed by atoms with Crippen LogP contribution in [0, 0.1) is 0 Å². The molecule has 2 N–H and O–H groups in total. The number of nitrogens with one attached hydrogen (secondary N) is 2. The van der Waals surface area contributed by atoms with E-state index in [2.05, 4.69) is 10.6 Å². The zero-order valence-electron chi connectivity index (χ0n) is 11.3. The molecule has 0 aliphatic carbocycles. The quantitative estimate of drug-likeness (QED) is 0.514. The summed E-state index contributed by atoms with van der Waals surface area (Å²) in [5, 5.41) is 5.74. The van der Waals surface area contributed by atoms with Gasteiger partial charge < -0.3 is 15.4 Å². The highest BCUT2D eigenvalue weighted by Crippen LogP contribution is 2.07. The Bertz CT molecular complexity index is 247. The Kier molecular flexibility index (Phi) is 7.54. The van der Waals surface area contributed by atoms with Crippen molar-refractivity contribution in [1.29, 1.82) is 0 Å². The molecule has 0 unspecified atom stereocenters. The van der Waals surface area contributed by atoms with Gasteiger partial charge in [0.2, 0.25) is 5.91 Å². The van der Waals surface area contributed by atoms with Gasteiger partial charge in [0, 0.05) is 26.1 Å². The maximum absolute atomic E-state index is 11.3. The first-order valence-electron chi connectivity index (χ1n) is 6.04. The molecule has 17 heavy (non-hydrogen) atoms. The van der Waals surface area contributed by atoms with Crippen LogP contribution in [0.2, 0.25) is 0 Å². The third kappa shape index (κ3) is 11.2. The third-order valence-corrected chi connectivity index (χ3v) is 1.83. The molecule has 0 aromatic heterocycles. The number of ether oxygens (including phenoxy) is 1. The van der Waals surface area contributed by atoms with Gasteiger partial charge in [-0.2, -0.15) is 0 Å². The largest absolute Gasteiger partial charge is 0.460 e. The molecule has 5 nitrogen and oxygen atoms in total. The van der Waals surface area contributed by atoms with E-state index < -0.39 is 5.60 Å². The summed E-state index contributed by atoms with van der Waals surface area (Å²) >= 11 is 0. The molecule has 0 bridgehead atoms. The third-order valence-electron chi connectivity index (χ3n) is 1.83. The van der Waals surface area contributed by atoms with Gasteiger partial charge in [0.1, 0.15) is 5.60 Å². The minimum Gasteiger partial charge on any atom is -0.460 e. The number of rotatable bonds is 7. The van der Waals surface area contributed by atoms with Crippen molar-refractivity contribution in [1.82, 2.24) is 10.6 Å². The average Bonchev–Trinajstić information content (AvgIpc) is 2.14. The van der Waals surface area contributed by atoms with Gasteiger partial charge in [0.25, 0.3) is 0 Å². The number of hydrogen-bond acceptors (Lipinski definition) is 4. The first-order valence-corrected chi connectivity index (χ1v) is 6.04. The second kappa shape index (κ2) is 8.06. The molecule has 0 rings (SSSR count). The fourth-order valence-corrected chi connectivity index (χ4v) is 1.20. The SMILES string of the molecule is CCNC(=O)CCNCCC(=O)OC(C)(C)C. The van der Waals surface area contributed by atoms with Gasteiger partial charge in [-0.05, 0) is 27.7 Å². The van der Waals surface area contributed by atoms with Crippen molar-refractivity contribution >= 4 is 11.9 Å². The maximum atomic E-state index is 11.3. The first-order chi connectivity index (χ1) is 7.85. The van der Waals surface area contributed by atoms with Crippen LogP contribution in [0.3, 0.4) is 0 Å². The molecule has 0 fully saturated rings. The molecule has 5 heteroatoms. The normalized spacial score (nSPS) is 11.1. The first kappa shape index (κ1) is 15.9. The smallest absolute Gasteiger partial charge is 0.307 e. The Morgan fingerprint density at radius 3 is 2.24 bits per heavy atom. The molecule has 0 aromatic rings. The van der Waals surface area contributed by atoms with E-state index >= 15 is 0 Å². The predicted molar refractivity (Wildman–Crippen MR) is 66.6 cm³/mol. The van der Waals surface area contributed by atoms with Gasteiger partial charge >= 0.3 is 5.97 Å². The van der Waals surface area contributed by atoms with Gasteiger partial charge in [0.15, 0.2) is 0 Å². The van der Waals surface area contributed by atoms with E-state index in [9.17, 15) is 9.59 Å². The molecule has 0 aromatic carbocycles. The fraction of sp³-hybridized carbons (Fsp3) is 0.833. The summed E-state index contributed by atoms with van der Waals surface area (Å²) in [6.45, 7) is 9.17. The van der Waals surface area contributed by atoms with E-state index in [0.717, 1.165) is 0 Å². The van der Waals surface area contributed by atoms with Crippen molar-refractivity contribution in [3.63, 3.8) is 0 Å². The molecule has 0 aliphatic rings. The van der Waals surface area contributed by atoms with Crippen molar-refractivity contribution in [2.45, 2.75) is 46.1 Å². The predicted octanol–water partition coefficient (Wildman–Crippen LogP) is 0.834. The van der Waals surface area contributed by atoms with Crippen LogP contribution in [0.4, 0.5) is 0 Å². The molecule has 0 saturated carbocycles. The highest BCUT2D eigenvalue weighted by molar-refractivity contribution is 5.76. The van der Waals surface area contributed by atoms with Crippen molar-refractivity contribution in [3.05, 3.63) is 0 Å². The Hall–Kier alpha value is -1.10. The molecule has 0 heterocycles. The molecule has 0 saturated heterocycles. The summed E-state index contributed by atoms with van der Waals surface area (Å²) in [5.41, 5.74) is -0.432. The van der Waals surface area contributed by atoms with Crippen LogP contribution < -0.4 is 10.6 Å². The average molecular weight is 244 g/mol. The summed E-state index contributed by atoms with van der Waals surface area (Å²) in [5.74, 6) is -0.194. The Morgan fingerprint density at radius 2 is 1.71 bits per heavy atom. The van der Waals surface area contributed by atoms with Gasteiger partial charge in [-0.25, -0.2) is 0 Å². The molecule has 0 atom stereocenters. The lowest BCUT2D eigenvalue weighted by atomic mass is 10.2. The molecule has 1 amide bonds. The van der Waals surface area contributed by atoms with E-state index in [4.69, 9.17) is 4.74 Å². The fourth-order valence-electron chi connectivity index (χ4n) is 1.20. The topological polar surface area (TPSA) is 67.4 Å². The zero-order valence-corrected chi connectivity index (χ0v) is 11.3. The van der Waals surface area contributed by atoms with Crippen molar-refractivity contribution in [2.75, 3.05) is 19.6 Å². The van der Waals surface area contributed by atoms with E-state index in [-0.39, 0.29) is 11.9 Å². The van der Waals surface area contributed by atoms with Crippen LogP contribution in [0.1, 0.15) is 40.5 Å². The Balaban J connectivity index is 3.46. The number of carbonyl (C=O) groups excluding carboxylic acids is 2. The monoisotopic (exact) mass is 244 g/mol. The minimum absolute atomic E-state index is 0.0252. The van der Waals surface area contributed by atoms with Crippen molar-refractivity contribution in [2.24, 2.45) is 0 Å². The number of carbonyl (C=O) groups is 2. The van der Waals surface area contributed by atoms with E-state index in [0.29, 0.717) is 32.5 Å². The summed E-state index contributed by atoms with van der Waals surface area (Å²) < 4.78 is 5.15. The molecule has 0 radical (unpaired) electrons. The lowest BCUT2D eigenvalue weighted by Crippen LogP contribution is -2.29. The van der Waals surface area contributed by atoms with Crippen molar-refractivity contribution < 1.29 is 14.3 Å². The van der Waals surface area contributed by atoms with E-state index in [1.165, 1.54) is 0 Å². The van der Waals surface area contributed by atoms with Gasteiger partial charge in [0.05, 0.1) is 6.42 Å². The number of esters is 1. The molecule has 100 valence electrons. The maximum Gasteiger partial charge on any atom is 0.307 e. The highest BCUT2D eigenvalue weighted by Gasteiger charge is 2.15. The van der Waals surface area contributed by atoms with Crippen LogP contribution in [-0.4, -0.2) is 37.1 Å². The lowest BCUT2D eigenvalue weighted by Gasteiger charge is -2.19. The summed E-state index contributed by atoms with van der Waals surface area (Å²) in [6, 6.07) is 0. The van der Waals surface area contributed by atoms with E-state index in [1.807, 2.05) is 27.7 Å². The summed E-state index contributed by atoms with van der Waals surface area (Å²) in [4.78, 5) is 22.4.